The number of unbranched alkanes of at least 4 members (excludes halogenated alkanes) is 8. The topological polar surface area (TPSA) is 102 Å². The second kappa shape index (κ2) is 34.8. The second-order valence-corrected chi connectivity index (χ2v) is 14.1. The molecule has 0 fully saturated rings. The number of carboxylic acids is 1. The number of hydrogen-bond acceptors (Lipinski definition) is 7. The first-order valence-corrected chi connectivity index (χ1v) is 20.0. The molecule has 0 heterocycles. The minimum atomic E-state index is -1.14. The van der Waals surface area contributed by atoms with Crippen LogP contribution in [0.25, 0.3) is 0 Å². The Kier molecular flexibility index (Phi) is 32.7. The number of nitrogens with zero attached hydrogens (tertiary/aromatic N) is 1. The zero-order chi connectivity index (χ0) is 38.5. The average Bonchev–Trinajstić information content (AvgIpc) is 3.09. The van der Waals surface area contributed by atoms with Gasteiger partial charge < -0.3 is 28.6 Å². The maximum Gasteiger partial charge on any atom is 0.306 e. The Labute approximate surface area is 317 Å². The fourth-order valence-corrected chi connectivity index (χ4v) is 5.25. The average molecular weight is 728 g/mol. The number of ether oxygens (including phenoxy) is 3. The molecule has 296 valence electrons. The number of rotatable bonds is 34. The van der Waals surface area contributed by atoms with Crippen molar-refractivity contribution in [1.29, 1.82) is 0 Å². The van der Waals surface area contributed by atoms with Crippen LogP contribution in [0.3, 0.4) is 0 Å². The molecule has 0 amide bonds. The first-order valence-electron chi connectivity index (χ1n) is 20.0. The van der Waals surface area contributed by atoms with Gasteiger partial charge in [-0.3, -0.25) is 9.59 Å². The minimum absolute atomic E-state index is 0.0197. The lowest BCUT2D eigenvalue weighted by molar-refractivity contribution is -0.889. The minimum Gasteiger partial charge on any atom is -0.544 e. The highest BCUT2D eigenvalue weighted by molar-refractivity contribution is 5.70. The molecule has 0 N–H and O–H groups in total. The van der Waals surface area contributed by atoms with E-state index >= 15 is 0 Å². The number of carbonyl (C=O) groups is 3. The maximum atomic E-state index is 12.6. The van der Waals surface area contributed by atoms with Crippen LogP contribution in [0, 0.1) is 0 Å². The number of likely N-dealkylation sites (N-methyl/N-ethyl adjacent to an activating group) is 1. The summed E-state index contributed by atoms with van der Waals surface area (Å²) < 4.78 is 17.0. The van der Waals surface area contributed by atoms with E-state index < -0.39 is 18.1 Å². The summed E-state index contributed by atoms with van der Waals surface area (Å²) in [6, 6.07) is -0.734. The summed E-state index contributed by atoms with van der Waals surface area (Å²) in [7, 11) is 5.37. The molecular weight excluding hydrogens is 654 g/mol. The number of allylic oxidation sites excluding steroid dienone is 12. The third kappa shape index (κ3) is 32.7. The molecule has 0 rings (SSSR count). The van der Waals surface area contributed by atoms with Crippen LogP contribution >= 0.6 is 0 Å². The molecule has 0 spiro atoms. The molecular formula is C44H73NO7. The lowest BCUT2D eigenvalue weighted by Crippen LogP contribution is -2.55. The number of aliphatic carboxylic acids is 1. The van der Waals surface area contributed by atoms with Crippen LogP contribution in [0.5, 0.6) is 0 Å². The third-order valence-electron chi connectivity index (χ3n) is 8.36. The number of hydrogen-bond donors (Lipinski definition) is 0. The Balaban J connectivity index is 4.42. The van der Waals surface area contributed by atoms with E-state index in [9.17, 15) is 19.5 Å². The van der Waals surface area contributed by atoms with Crippen molar-refractivity contribution in [3.63, 3.8) is 0 Å². The van der Waals surface area contributed by atoms with Crippen LogP contribution in [-0.2, 0) is 28.6 Å². The van der Waals surface area contributed by atoms with Gasteiger partial charge in [-0.15, -0.1) is 0 Å². The quantitative estimate of drug-likeness (QED) is 0.0282. The normalized spacial score (nSPS) is 13.8. The molecule has 0 aromatic rings. The van der Waals surface area contributed by atoms with Crippen molar-refractivity contribution >= 4 is 17.9 Å². The summed E-state index contributed by atoms with van der Waals surface area (Å²) in [5.74, 6) is -1.81. The SMILES string of the molecule is CC/C=C/C/C=C/C/C=C/C/C=C/C/C=C/C/C=C/CCCCC(=O)OC(COCCC(C(=O)[O-])[N+](C)(C)C)COC(=O)CCCCCCCCC. The number of carboxylic acid groups (broad SMARTS) is 1. The highest BCUT2D eigenvalue weighted by atomic mass is 16.6. The van der Waals surface area contributed by atoms with Crippen molar-refractivity contribution in [2.24, 2.45) is 0 Å². The van der Waals surface area contributed by atoms with E-state index in [1.807, 2.05) is 0 Å². The lowest BCUT2D eigenvalue weighted by atomic mass is 10.1. The van der Waals surface area contributed by atoms with E-state index in [-0.39, 0.29) is 49.1 Å². The summed E-state index contributed by atoms with van der Waals surface area (Å²) >= 11 is 0. The molecule has 0 radical (unpaired) electrons. The van der Waals surface area contributed by atoms with Gasteiger partial charge in [0.05, 0.1) is 40.3 Å². The zero-order valence-corrected chi connectivity index (χ0v) is 33.4. The van der Waals surface area contributed by atoms with Gasteiger partial charge in [0.25, 0.3) is 0 Å². The molecule has 0 saturated heterocycles. The van der Waals surface area contributed by atoms with Crippen molar-refractivity contribution in [2.45, 2.75) is 148 Å². The van der Waals surface area contributed by atoms with E-state index in [1.54, 1.807) is 21.1 Å². The van der Waals surface area contributed by atoms with Crippen molar-refractivity contribution in [3.05, 3.63) is 72.9 Å². The van der Waals surface area contributed by atoms with Crippen molar-refractivity contribution in [3.8, 4) is 0 Å². The zero-order valence-electron chi connectivity index (χ0n) is 33.4. The maximum absolute atomic E-state index is 12.6. The molecule has 0 saturated carbocycles. The fourth-order valence-electron chi connectivity index (χ4n) is 5.25. The van der Waals surface area contributed by atoms with Crippen molar-refractivity contribution in [2.75, 3.05) is 41.0 Å². The summed E-state index contributed by atoms with van der Waals surface area (Å²) in [5, 5.41) is 11.6. The monoisotopic (exact) mass is 728 g/mol. The first kappa shape index (κ1) is 48.8. The van der Waals surface area contributed by atoms with Gasteiger partial charge in [-0.05, 0) is 64.2 Å². The molecule has 0 aliphatic heterocycles. The standard InChI is InChI=1S/C44H73NO7/c1-6-8-10-12-14-15-16-17-18-19-20-21-22-23-24-25-26-27-29-31-33-35-43(47)52-40(38-50-37-36-41(44(48)49)45(3,4)5)39-51-42(46)34-32-30-28-13-11-9-7-2/h8,10,14-15,17-18,20-21,23-24,26-27,40-41H,6-7,9,11-13,16,19,22,25,28-39H2,1-5H3/b10-8+,15-14+,18-17+,21-20+,24-23+,27-26+. The summed E-state index contributed by atoms with van der Waals surface area (Å²) in [4.78, 5) is 36.5. The van der Waals surface area contributed by atoms with E-state index in [0.29, 0.717) is 12.8 Å². The van der Waals surface area contributed by atoms with Crippen LogP contribution in [0.2, 0.25) is 0 Å². The predicted octanol–water partition coefficient (Wildman–Crippen LogP) is 9.07. The summed E-state index contributed by atoms with van der Waals surface area (Å²) in [6.07, 6.45) is 42.3. The Bertz CT molecular complexity index is 1080. The lowest BCUT2D eigenvalue weighted by Gasteiger charge is -2.34. The molecule has 0 aromatic carbocycles. The van der Waals surface area contributed by atoms with Crippen molar-refractivity contribution < 1.29 is 38.2 Å². The van der Waals surface area contributed by atoms with Gasteiger partial charge in [0, 0.05) is 19.3 Å². The van der Waals surface area contributed by atoms with Crippen molar-refractivity contribution in [1.82, 2.24) is 0 Å². The van der Waals surface area contributed by atoms with Crippen LogP contribution in [0.15, 0.2) is 72.9 Å². The smallest absolute Gasteiger partial charge is 0.306 e. The molecule has 0 bridgehead atoms. The molecule has 52 heavy (non-hydrogen) atoms. The molecule has 0 aliphatic rings. The van der Waals surface area contributed by atoms with E-state index in [4.69, 9.17) is 14.2 Å². The van der Waals surface area contributed by atoms with Gasteiger partial charge >= 0.3 is 11.9 Å². The number of carbonyl (C=O) groups excluding carboxylic acids is 3. The highest BCUT2D eigenvalue weighted by Gasteiger charge is 2.25. The van der Waals surface area contributed by atoms with E-state index in [1.165, 1.54) is 25.7 Å². The highest BCUT2D eigenvalue weighted by Crippen LogP contribution is 2.11. The largest absolute Gasteiger partial charge is 0.544 e. The summed E-state index contributed by atoms with van der Waals surface area (Å²) in [5.41, 5.74) is 0. The second-order valence-electron chi connectivity index (χ2n) is 14.1. The number of quaternary nitrogens is 1. The summed E-state index contributed by atoms with van der Waals surface area (Å²) in [6.45, 7) is 4.42. The molecule has 2 unspecified atom stereocenters. The van der Waals surface area contributed by atoms with E-state index in [2.05, 4.69) is 86.8 Å². The third-order valence-corrected chi connectivity index (χ3v) is 8.36. The fraction of sp³-hybridized carbons (Fsp3) is 0.659. The Morgan fingerprint density at radius 2 is 1.08 bits per heavy atom. The molecule has 8 heteroatoms. The van der Waals surface area contributed by atoms with Gasteiger partial charge in [0.2, 0.25) is 0 Å². The van der Waals surface area contributed by atoms with Gasteiger partial charge in [-0.2, -0.15) is 0 Å². The first-order chi connectivity index (χ1) is 25.1. The van der Waals surface area contributed by atoms with Gasteiger partial charge in [0.1, 0.15) is 12.6 Å². The van der Waals surface area contributed by atoms with Crippen LogP contribution in [0.4, 0.5) is 0 Å². The van der Waals surface area contributed by atoms with Gasteiger partial charge in [0.15, 0.2) is 6.10 Å². The molecule has 0 aliphatic carbocycles. The Hall–Kier alpha value is -3.23. The molecule has 8 nitrogen and oxygen atoms in total. The van der Waals surface area contributed by atoms with Crippen LogP contribution < -0.4 is 5.11 Å². The predicted molar refractivity (Wildman–Crippen MR) is 212 cm³/mol. The van der Waals surface area contributed by atoms with Gasteiger partial charge in [-0.25, -0.2) is 0 Å². The Morgan fingerprint density at radius 3 is 1.60 bits per heavy atom. The number of esters is 2. The molecule has 0 aromatic heterocycles. The Morgan fingerprint density at radius 1 is 0.596 bits per heavy atom. The molecule has 2 atom stereocenters. The van der Waals surface area contributed by atoms with Crippen LogP contribution in [-0.4, -0.2) is 75.5 Å². The van der Waals surface area contributed by atoms with Crippen LogP contribution in [0.1, 0.15) is 136 Å². The van der Waals surface area contributed by atoms with Gasteiger partial charge in [-0.1, -0.05) is 125 Å². The van der Waals surface area contributed by atoms with E-state index in [0.717, 1.165) is 70.6 Å².